The number of aliphatic hydroxyl groups is 1. The maximum Gasteiger partial charge on any atom is 0.449 e. The molecule has 0 saturated heterocycles. The molecule has 4 rings (SSSR count). The van der Waals surface area contributed by atoms with Crippen molar-refractivity contribution in [3.05, 3.63) is 59.7 Å². The van der Waals surface area contributed by atoms with Crippen molar-refractivity contribution >= 4 is 21.9 Å². The van der Waals surface area contributed by atoms with Gasteiger partial charge >= 0.3 is 16.5 Å². The van der Waals surface area contributed by atoms with Gasteiger partial charge in [0.25, 0.3) is 0 Å². The van der Waals surface area contributed by atoms with E-state index in [4.69, 9.17) is 8.60 Å². The molecule has 194 valence electrons. The van der Waals surface area contributed by atoms with E-state index in [2.05, 4.69) is 20.4 Å². The number of nitrogens with zero attached hydrogens (tertiary/aromatic N) is 4. The Morgan fingerprint density at radius 1 is 1.31 bits per heavy atom. The zero-order chi connectivity index (χ0) is 26.1. The molecule has 12 nitrogen and oxygen atoms in total. The van der Waals surface area contributed by atoms with Gasteiger partial charge in [0, 0.05) is 25.5 Å². The van der Waals surface area contributed by atoms with Crippen molar-refractivity contribution in [2.24, 2.45) is 0 Å². The molecular weight excluding hydrogens is 509 g/mol. The summed E-state index contributed by atoms with van der Waals surface area (Å²) in [5.74, 6) is -1.55. The third-order valence-corrected chi connectivity index (χ3v) is 6.40. The van der Waals surface area contributed by atoms with E-state index >= 15 is 0 Å². The van der Waals surface area contributed by atoms with Crippen molar-refractivity contribution in [1.29, 1.82) is 0 Å². The van der Waals surface area contributed by atoms with E-state index in [0.29, 0.717) is 0 Å². The van der Waals surface area contributed by atoms with Crippen LogP contribution in [0, 0.1) is 0 Å². The lowest BCUT2D eigenvalue weighted by molar-refractivity contribution is -0.153. The van der Waals surface area contributed by atoms with Gasteiger partial charge in [-0.25, -0.2) is 9.97 Å². The summed E-state index contributed by atoms with van der Waals surface area (Å²) in [5, 5.41) is 17.3. The number of hydrogen-bond acceptors (Lipinski definition) is 10. The molecule has 0 unspecified atom stereocenters. The fourth-order valence-electron chi connectivity index (χ4n) is 3.70. The van der Waals surface area contributed by atoms with Crippen molar-refractivity contribution in [2.75, 3.05) is 12.4 Å². The first-order valence-corrected chi connectivity index (χ1v) is 12.0. The highest BCUT2D eigenvalue weighted by Gasteiger charge is 2.37. The van der Waals surface area contributed by atoms with Gasteiger partial charge in [-0.1, -0.05) is 0 Å². The zero-order valence-corrected chi connectivity index (χ0v) is 19.5. The van der Waals surface area contributed by atoms with Gasteiger partial charge in [-0.2, -0.15) is 31.4 Å². The molecule has 1 fully saturated rings. The zero-order valence-electron chi connectivity index (χ0n) is 18.6. The maximum absolute atomic E-state index is 13.1. The number of halogens is 3. The topological polar surface area (TPSA) is 161 Å². The Bertz CT molecular complexity index is 1340. The Labute approximate surface area is 202 Å². The molecule has 0 bridgehead atoms. The van der Waals surface area contributed by atoms with E-state index in [1.165, 1.54) is 42.6 Å². The van der Waals surface area contributed by atoms with Gasteiger partial charge in [-0.05, 0) is 31.0 Å². The molecule has 3 atom stereocenters. The molecule has 3 N–H and O–H groups in total. The molecule has 3 aromatic rings. The van der Waals surface area contributed by atoms with Gasteiger partial charge in [0.05, 0.1) is 18.2 Å². The Hall–Kier alpha value is -3.34. The van der Waals surface area contributed by atoms with Crippen molar-refractivity contribution in [1.82, 2.24) is 24.5 Å². The minimum atomic E-state index is -4.61. The number of carbonyl (C=O) groups is 1. The van der Waals surface area contributed by atoms with Crippen LogP contribution in [0.2, 0.25) is 0 Å². The highest BCUT2D eigenvalue weighted by Crippen LogP contribution is 2.31. The summed E-state index contributed by atoms with van der Waals surface area (Å²) in [6.45, 7) is -0.128. The molecule has 0 amide bonds. The first-order valence-electron chi connectivity index (χ1n) is 10.6. The van der Waals surface area contributed by atoms with Crippen LogP contribution in [-0.2, 0) is 27.2 Å². The number of carbonyl (C=O) groups excluding carboxylic acids is 1. The van der Waals surface area contributed by atoms with Crippen LogP contribution in [0.5, 0.6) is 0 Å². The van der Waals surface area contributed by atoms with E-state index in [9.17, 15) is 31.5 Å². The first-order chi connectivity index (χ1) is 16.9. The first kappa shape index (κ1) is 25.7. The quantitative estimate of drug-likeness (QED) is 0.344. The predicted octanol–water partition coefficient (Wildman–Crippen LogP) is 1.35. The average Bonchev–Trinajstić information content (AvgIpc) is 3.55. The van der Waals surface area contributed by atoms with Crippen LogP contribution in [0.4, 0.5) is 19.0 Å². The second kappa shape index (κ2) is 9.96. The van der Waals surface area contributed by atoms with Crippen LogP contribution in [0.15, 0.2) is 41.3 Å². The number of furan rings is 1. The van der Waals surface area contributed by atoms with E-state index in [1.54, 1.807) is 0 Å². The van der Waals surface area contributed by atoms with Crippen molar-refractivity contribution < 1.29 is 40.1 Å². The minimum Gasteiger partial charge on any atom is -0.455 e. The van der Waals surface area contributed by atoms with Crippen LogP contribution in [0.1, 0.15) is 40.4 Å². The molecule has 3 heterocycles. The van der Waals surface area contributed by atoms with Crippen LogP contribution in [-0.4, -0.2) is 64.4 Å². The molecule has 1 aliphatic rings. The van der Waals surface area contributed by atoms with Gasteiger partial charge in [-0.3, -0.25) is 13.7 Å². The molecule has 36 heavy (non-hydrogen) atoms. The minimum absolute atomic E-state index is 0.00618. The van der Waals surface area contributed by atoms with E-state index in [0.717, 1.165) is 6.07 Å². The van der Waals surface area contributed by atoms with Crippen molar-refractivity contribution in [3.63, 3.8) is 0 Å². The molecule has 16 heteroatoms. The number of rotatable bonds is 9. The van der Waals surface area contributed by atoms with Crippen LogP contribution >= 0.6 is 0 Å². The smallest absolute Gasteiger partial charge is 0.449 e. The molecule has 0 aliphatic heterocycles. The summed E-state index contributed by atoms with van der Waals surface area (Å²) in [7, 11) is -2.83. The third-order valence-electron chi connectivity index (χ3n) is 5.40. The molecule has 3 aromatic heterocycles. The van der Waals surface area contributed by atoms with Gasteiger partial charge in [0.1, 0.15) is 29.7 Å². The number of ketones is 1. The second-order valence-electron chi connectivity index (χ2n) is 7.95. The second-order valence-corrected chi connectivity index (χ2v) is 9.46. The Balaban J connectivity index is 1.45. The van der Waals surface area contributed by atoms with Crippen molar-refractivity contribution in [2.45, 2.75) is 43.8 Å². The average molecular weight is 530 g/mol. The van der Waals surface area contributed by atoms with Gasteiger partial charge in [0.2, 0.25) is 11.5 Å². The normalized spacial score (nSPS) is 20.5. The van der Waals surface area contributed by atoms with Gasteiger partial charge < -0.3 is 14.8 Å². The van der Waals surface area contributed by atoms with E-state index < -0.39 is 46.3 Å². The van der Waals surface area contributed by atoms with Crippen LogP contribution in [0.3, 0.4) is 0 Å². The van der Waals surface area contributed by atoms with Crippen LogP contribution in [0.25, 0.3) is 0 Å². The Morgan fingerprint density at radius 2 is 2.08 bits per heavy atom. The molecule has 1 saturated carbocycles. The summed E-state index contributed by atoms with van der Waals surface area (Å²) in [6, 6.07) is 2.91. The van der Waals surface area contributed by atoms with E-state index in [-0.39, 0.29) is 42.2 Å². The summed E-state index contributed by atoms with van der Waals surface area (Å²) < 4.78 is 74.4. The molecule has 0 spiro atoms. The number of hydrogen-bond donors (Lipinski definition) is 3. The summed E-state index contributed by atoms with van der Waals surface area (Å²) in [6.07, 6.45) is -2.52. The summed E-state index contributed by atoms with van der Waals surface area (Å²) >= 11 is 0. The number of aliphatic hydroxyl groups excluding tert-OH is 1. The lowest BCUT2D eigenvalue weighted by Crippen LogP contribution is -2.31. The lowest BCUT2D eigenvalue weighted by Gasteiger charge is -2.15. The monoisotopic (exact) mass is 530 g/mol. The SMILES string of the molecule is CNS(=O)(=O)O[C@@H]1C[C@H](Nc2ncncc2C(=O)c2ccn(Cc3ccc(C(F)(F)F)o3)n2)C[C@@H]1O. The maximum atomic E-state index is 13.1. The lowest BCUT2D eigenvalue weighted by atomic mass is 10.1. The fraction of sp³-hybridized carbons (Fsp3) is 0.400. The predicted molar refractivity (Wildman–Crippen MR) is 116 cm³/mol. The standard InChI is InChI=1S/C20H21F3N6O6S/c1-24-36(32,33)35-16-7-11(6-15(16)30)27-19-13(8-25-10-26-19)18(31)14-4-5-29(28-14)9-12-2-3-17(34-12)20(21,22)23/h2-5,8,10-11,15-16,24,30H,6-7,9H2,1H3,(H,25,26,27)/t11-,15+,16-/m1/s1. The number of anilines is 1. The summed E-state index contributed by atoms with van der Waals surface area (Å²) in [4.78, 5) is 21.0. The molecule has 1 aliphatic carbocycles. The third kappa shape index (κ3) is 5.89. The fourth-order valence-corrected chi connectivity index (χ4v) is 4.33. The molecule has 0 radical (unpaired) electrons. The Morgan fingerprint density at radius 3 is 2.78 bits per heavy atom. The Kier molecular flexibility index (Phi) is 7.12. The number of aromatic nitrogens is 4. The summed E-state index contributed by atoms with van der Waals surface area (Å²) in [5.41, 5.74) is 0.0463. The van der Waals surface area contributed by atoms with E-state index in [1.807, 2.05) is 4.72 Å². The number of alkyl halides is 3. The van der Waals surface area contributed by atoms with Gasteiger partial charge in [-0.15, -0.1) is 0 Å². The highest BCUT2D eigenvalue weighted by molar-refractivity contribution is 7.84. The van der Waals surface area contributed by atoms with Gasteiger partial charge in [0.15, 0.2) is 0 Å². The number of nitrogens with one attached hydrogen (secondary N) is 2. The molecular formula is C20H21F3N6O6S. The largest absolute Gasteiger partial charge is 0.455 e. The van der Waals surface area contributed by atoms with Crippen LogP contribution < -0.4 is 10.0 Å². The molecule has 0 aromatic carbocycles. The highest BCUT2D eigenvalue weighted by atomic mass is 32.2. The van der Waals surface area contributed by atoms with Crippen molar-refractivity contribution in [3.8, 4) is 0 Å².